The van der Waals surface area contributed by atoms with E-state index in [9.17, 15) is 10.4 Å². The van der Waals surface area contributed by atoms with Crippen molar-refractivity contribution in [1.29, 1.82) is 0 Å². The molecule has 6 heteroatoms. The van der Waals surface area contributed by atoms with E-state index in [0.717, 1.165) is 9.46 Å². The van der Waals surface area contributed by atoms with Gasteiger partial charge in [-0.05, 0) is 0 Å². The summed E-state index contributed by atoms with van der Waals surface area (Å²) in [4.78, 5) is 0. The number of para-hydroxylation sites is 2. The molecule has 0 fully saturated rings. The Morgan fingerprint density at radius 2 is 1.57 bits per heavy atom. The highest BCUT2D eigenvalue weighted by molar-refractivity contribution is 5.67. The molecule has 0 saturated heterocycles. The summed E-state index contributed by atoms with van der Waals surface area (Å²) < 4.78 is 12.9. The zero-order valence-corrected chi connectivity index (χ0v) is 12.4. The highest BCUT2D eigenvalue weighted by Gasteiger charge is 2.55. The van der Waals surface area contributed by atoms with Crippen LogP contribution >= 0.6 is 0 Å². The highest BCUT2D eigenvalue weighted by Crippen LogP contribution is 2.39. The molecule has 0 bridgehead atoms. The Hall–Kier alpha value is -2.70. The second-order valence-corrected chi connectivity index (χ2v) is 5.35. The number of hydrogen-bond acceptors (Lipinski definition) is 4. The molecular formula is C17H14N2O4. The Balaban J connectivity index is 2.09. The van der Waals surface area contributed by atoms with E-state index in [0.29, 0.717) is 11.1 Å². The van der Waals surface area contributed by atoms with Gasteiger partial charge in [0.25, 0.3) is 22.5 Å². The van der Waals surface area contributed by atoms with Crippen LogP contribution in [0, 0.1) is 10.4 Å². The molecule has 2 aromatic carbocycles. The molecule has 4 rings (SSSR count). The molecule has 23 heavy (non-hydrogen) atoms. The number of hydrogen-bond donors (Lipinski definition) is 0. The minimum absolute atomic E-state index is 0.00857. The Kier molecular flexibility index (Phi) is 2.97. The third-order valence-electron chi connectivity index (χ3n) is 4.21. The van der Waals surface area contributed by atoms with Gasteiger partial charge in [-0.2, -0.15) is 9.46 Å². The van der Waals surface area contributed by atoms with Crippen LogP contribution < -0.4 is 9.46 Å². The predicted molar refractivity (Wildman–Crippen MR) is 80.9 cm³/mol. The van der Waals surface area contributed by atoms with Crippen molar-refractivity contribution >= 4 is 11.0 Å². The monoisotopic (exact) mass is 310 g/mol. The first-order valence-electron chi connectivity index (χ1n) is 7.21. The number of fused-ring (bicyclic) bond motifs is 2. The van der Waals surface area contributed by atoms with Gasteiger partial charge in [0.15, 0.2) is 0 Å². The van der Waals surface area contributed by atoms with E-state index in [-0.39, 0.29) is 23.5 Å². The van der Waals surface area contributed by atoms with E-state index >= 15 is 0 Å². The lowest BCUT2D eigenvalue weighted by Crippen LogP contribution is -2.49. The number of benzene rings is 2. The molecule has 3 aromatic rings. The van der Waals surface area contributed by atoms with Crippen LogP contribution in [0.5, 0.6) is 0 Å². The molecule has 2 heterocycles. The van der Waals surface area contributed by atoms with E-state index in [1.807, 2.05) is 30.3 Å². The Morgan fingerprint density at radius 3 is 2.22 bits per heavy atom. The number of ether oxygens (including phenoxy) is 2. The standard InChI is InChI=1S/C17H14N2O4/c1-22-17(12-7-3-2-4-8-12)16-15(11-23-17)18(20)13-9-5-6-10-14(13)19(16)21/h2-10H,11H2,1H3. The molecule has 6 nitrogen and oxygen atoms in total. The third kappa shape index (κ3) is 1.76. The summed E-state index contributed by atoms with van der Waals surface area (Å²) in [7, 11) is 1.46. The van der Waals surface area contributed by atoms with E-state index in [1.165, 1.54) is 7.11 Å². The number of rotatable bonds is 2. The summed E-state index contributed by atoms with van der Waals surface area (Å²) in [5.74, 6) is -1.38. The van der Waals surface area contributed by atoms with Crippen molar-refractivity contribution in [3.05, 3.63) is 82.0 Å². The smallest absolute Gasteiger partial charge is 0.329 e. The van der Waals surface area contributed by atoms with Gasteiger partial charge in [0.2, 0.25) is 0 Å². The van der Waals surface area contributed by atoms with E-state index in [1.54, 1.807) is 24.3 Å². The largest absolute Gasteiger partial charge is 0.618 e. The van der Waals surface area contributed by atoms with Gasteiger partial charge >= 0.3 is 5.69 Å². The van der Waals surface area contributed by atoms with Crippen molar-refractivity contribution in [2.24, 2.45) is 0 Å². The number of aromatic nitrogens is 2. The van der Waals surface area contributed by atoms with E-state index in [4.69, 9.17) is 9.47 Å². The lowest BCUT2D eigenvalue weighted by molar-refractivity contribution is -0.643. The zero-order valence-electron chi connectivity index (χ0n) is 12.4. The molecule has 0 radical (unpaired) electrons. The summed E-state index contributed by atoms with van der Waals surface area (Å²) >= 11 is 0. The average Bonchev–Trinajstić information content (AvgIpc) is 3.02. The summed E-state index contributed by atoms with van der Waals surface area (Å²) in [5, 5.41) is 25.6. The first-order valence-corrected chi connectivity index (χ1v) is 7.21. The summed E-state index contributed by atoms with van der Waals surface area (Å²) in [6.45, 7) is 0.00857. The van der Waals surface area contributed by atoms with Crippen LogP contribution in [0.25, 0.3) is 11.0 Å². The molecule has 0 amide bonds. The van der Waals surface area contributed by atoms with Crippen LogP contribution in [0.2, 0.25) is 0 Å². The lowest BCUT2D eigenvalue weighted by Gasteiger charge is -2.25. The molecule has 116 valence electrons. The van der Waals surface area contributed by atoms with Gasteiger partial charge in [0.05, 0.1) is 0 Å². The van der Waals surface area contributed by atoms with Crippen molar-refractivity contribution < 1.29 is 18.9 Å². The van der Waals surface area contributed by atoms with Crippen LogP contribution in [0.1, 0.15) is 17.0 Å². The SMILES string of the molecule is COC1(c2ccccc2)OCc2c1[n+]([O-])c1ccccc1[n+]2[O-]. The average molecular weight is 310 g/mol. The van der Waals surface area contributed by atoms with Crippen LogP contribution in [-0.4, -0.2) is 7.11 Å². The van der Waals surface area contributed by atoms with E-state index < -0.39 is 5.79 Å². The topological polar surface area (TPSA) is 72.3 Å². The second-order valence-electron chi connectivity index (χ2n) is 5.35. The third-order valence-corrected chi connectivity index (χ3v) is 4.21. The van der Waals surface area contributed by atoms with Gasteiger partial charge in [0, 0.05) is 24.8 Å². The first-order chi connectivity index (χ1) is 11.2. The first kappa shape index (κ1) is 13.9. The molecule has 1 aliphatic rings. The molecule has 1 atom stereocenters. The maximum atomic E-state index is 12.9. The quantitative estimate of drug-likeness (QED) is 0.531. The van der Waals surface area contributed by atoms with Crippen LogP contribution in [0.3, 0.4) is 0 Å². The zero-order chi connectivity index (χ0) is 16.0. The number of nitrogens with zero attached hydrogens (tertiary/aromatic N) is 2. The predicted octanol–water partition coefficient (Wildman–Crippen LogP) is 1.48. The van der Waals surface area contributed by atoms with Crippen molar-refractivity contribution in [3.63, 3.8) is 0 Å². The molecule has 1 unspecified atom stereocenters. The van der Waals surface area contributed by atoms with Gasteiger partial charge in [-0.1, -0.05) is 42.5 Å². The highest BCUT2D eigenvalue weighted by atomic mass is 16.7. The van der Waals surface area contributed by atoms with Gasteiger partial charge in [-0.15, -0.1) is 0 Å². The second kappa shape index (κ2) is 4.91. The van der Waals surface area contributed by atoms with Gasteiger partial charge < -0.3 is 19.9 Å². The Morgan fingerprint density at radius 1 is 0.957 bits per heavy atom. The summed E-state index contributed by atoms with van der Waals surface area (Å²) in [6, 6.07) is 15.8. The van der Waals surface area contributed by atoms with E-state index in [2.05, 4.69) is 0 Å². The molecule has 0 aliphatic carbocycles. The number of methoxy groups -OCH3 is 1. The van der Waals surface area contributed by atoms with Gasteiger partial charge in [-0.3, -0.25) is 0 Å². The maximum absolute atomic E-state index is 12.9. The summed E-state index contributed by atoms with van der Waals surface area (Å²) in [6.07, 6.45) is 0. The minimum atomic E-state index is -1.38. The van der Waals surface area contributed by atoms with Crippen molar-refractivity contribution in [2.45, 2.75) is 12.4 Å². The van der Waals surface area contributed by atoms with Crippen molar-refractivity contribution in [1.82, 2.24) is 0 Å². The molecule has 1 aromatic heterocycles. The fraction of sp³-hybridized carbons (Fsp3) is 0.176. The maximum Gasteiger partial charge on any atom is 0.329 e. The molecule has 0 spiro atoms. The molecule has 0 N–H and O–H groups in total. The molecule has 0 saturated carbocycles. The Bertz CT molecular complexity index is 898. The van der Waals surface area contributed by atoms with Crippen LogP contribution in [0.4, 0.5) is 0 Å². The van der Waals surface area contributed by atoms with Crippen molar-refractivity contribution in [3.8, 4) is 0 Å². The van der Waals surface area contributed by atoms with Crippen LogP contribution in [-0.2, 0) is 21.9 Å². The van der Waals surface area contributed by atoms with Gasteiger partial charge in [-0.25, -0.2) is 0 Å². The lowest BCUT2D eigenvalue weighted by atomic mass is 10.0. The molecule has 1 aliphatic heterocycles. The van der Waals surface area contributed by atoms with Crippen molar-refractivity contribution in [2.75, 3.05) is 7.11 Å². The minimum Gasteiger partial charge on any atom is -0.618 e. The summed E-state index contributed by atoms with van der Waals surface area (Å²) in [5.41, 5.74) is 1.71. The normalized spacial score (nSPS) is 19.9. The Labute approximate surface area is 132 Å². The van der Waals surface area contributed by atoms with Gasteiger partial charge in [0.1, 0.15) is 6.61 Å². The fourth-order valence-electron chi connectivity index (χ4n) is 3.13. The fourth-order valence-corrected chi connectivity index (χ4v) is 3.13. The van der Waals surface area contributed by atoms with Crippen LogP contribution in [0.15, 0.2) is 54.6 Å². The molecular weight excluding hydrogens is 296 g/mol.